The summed E-state index contributed by atoms with van der Waals surface area (Å²) in [5, 5.41) is 0. The van der Waals surface area contributed by atoms with E-state index in [2.05, 4.69) is 0 Å². The summed E-state index contributed by atoms with van der Waals surface area (Å²) in [6, 6.07) is 19.5. The summed E-state index contributed by atoms with van der Waals surface area (Å²) in [5.74, 6) is -1.06. The third kappa shape index (κ3) is 6.22. The van der Waals surface area contributed by atoms with Crippen molar-refractivity contribution in [1.29, 1.82) is 0 Å². The molecule has 39 heavy (non-hydrogen) atoms. The van der Waals surface area contributed by atoms with Crippen LogP contribution in [0.2, 0.25) is 0 Å². The van der Waals surface area contributed by atoms with Crippen molar-refractivity contribution in [1.82, 2.24) is 0 Å². The highest BCUT2D eigenvalue weighted by Gasteiger charge is 2.36. The summed E-state index contributed by atoms with van der Waals surface area (Å²) < 4.78 is 93.7. The number of hydrogen-bond acceptors (Lipinski definition) is 4. The predicted molar refractivity (Wildman–Crippen MR) is 137 cm³/mol. The van der Waals surface area contributed by atoms with E-state index in [0.717, 1.165) is 24.3 Å². The van der Waals surface area contributed by atoms with Gasteiger partial charge in [0.25, 0.3) is 0 Å². The SMILES string of the molecule is CCC(c1ccccc1Oc1ccc(N)cc1C(F)(F)F)c1ccccc1Oc1ccc(N)cc1C(F)(F)F. The zero-order valence-electron chi connectivity index (χ0n) is 20.6. The minimum atomic E-state index is -4.71. The number of para-hydroxylation sites is 2. The monoisotopic (exact) mass is 546 g/mol. The number of ether oxygens (including phenoxy) is 2. The second-order valence-electron chi connectivity index (χ2n) is 8.75. The van der Waals surface area contributed by atoms with Gasteiger partial charge in [-0.15, -0.1) is 0 Å². The largest absolute Gasteiger partial charge is 0.456 e. The van der Waals surface area contributed by atoms with Gasteiger partial charge < -0.3 is 20.9 Å². The van der Waals surface area contributed by atoms with Crippen molar-refractivity contribution in [2.24, 2.45) is 0 Å². The van der Waals surface area contributed by atoms with Gasteiger partial charge in [0.05, 0.1) is 0 Å². The van der Waals surface area contributed by atoms with E-state index in [1.807, 2.05) is 6.92 Å². The maximum atomic E-state index is 13.7. The number of rotatable bonds is 7. The smallest absolute Gasteiger partial charge is 0.420 e. The van der Waals surface area contributed by atoms with Gasteiger partial charge in [-0.05, 0) is 55.0 Å². The van der Waals surface area contributed by atoms with Crippen LogP contribution in [0.1, 0.15) is 41.5 Å². The second kappa shape index (κ2) is 10.8. The average Bonchev–Trinajstić information content (AvgIpc) is 2.87. The molecule has 4 aromatic rings. The van der Waals surface area contributed by atoms with Gasteiger partial charge in [-0.1, -0.05) is 43.3 Å². The first kappa shape index (κ1) is 27.7. The highest BCUT2D eigenvalue weighted by molar-refractivity contribution is 5.55. The molecule has 0 heterocycles. The Kier molecular flexibility index (Phi) is 7.67. The zero-order valence-corrected chi connectivity index (χ0v) is 20.6. The summed E-state index contributed by atoms with van der Waals surface area (Å²) >= 11 is 0. The molecule has 204 valence electrons. The van der Waals surface area contributed by atoms with Gasteiger partial charge in [-0.25, -0.2) is 0 Å². The lowest BCUT2D eigenvalue weighted by Gasteiger charge is -2.23. The molecule has 0 bridgehead atoms. The molecular weight excluding hydrogens is 522 g/mol. The molecule has 4 N–H and O–H groups in total. The third-order valence-electron chi connectivity index (χ3n) is 6.05. The normalized spacial score (nSPS) is 12.0. The van der Waals surface area contributed by atoms with Crippen molar-refractivity contribution < 1.29 is 35.8 Å². The highest BCUT2D eigenvalue weighted by atomic mass is 19.4. The average molecular weight is 547 g/mol. The number of hydrogen-bond donors (Lipinski definition) is 2. The Balaban J connectivity index is 1.76. The van der Waals surface area contributed by atoms with Crippen molar-refractivity contribution in [3.8, 4) is 23.0 Å². The zero-order chi connectivity index (χ0) is 28.4. The molecule has 0 aliphatic heterocycles. The van der Waals surface area contributed by atoms with Crippen LogP contribution >= 0.6 is 0 Å². The van der Waals surface area contributed by atoms with Crippen molar-refractivity contribution >= 4 is 11.4 Å². The summed E-state index contributed by atoms with van der Waals surface area (Å²) in [6.07, 6.45) is -8.98. The molecule has 0 saturated carbocycles. The van der Waals surface area contributed by atoms with Crippen molar-refractivity contribution in [2.75, 3.05) is 11.5 Å². The Morgan fingerprint density at radius 3 is 1.33 bits per heavy atom. The molecule has 0 spiro atoms. The standard InChI is InChI=1S/C29H24F6N2O2/c1-2-19(20-7-3-5-9-24(20)38-26-13-11-17(36)15-22(26)28(30,31)32)21-8-4-6-10-25(21)39-27-14-12-18(37)16-23(27)29(33,34)35/h3-16,19H,2,36-37H2,1H3. The van der Waals surface area contributed by atoms with Gasteiger partial charge in [0.1, 0.15) is 34.1 Å². The van der Waals surface area contributed by atoms with Gasteiger partial charge in [0, 0.05) is 28.4 Å². The third-order valence-corrected chi connectivity index (χ3v) is 6.05. The van der Waals surface area contributed by atoms with E-state index in [4.69, 9.17) is 20.9 Å². The lowest BCUT2D eigenvalue weighted by molar-refractivity contribution is -0.139. The fraction of sp³-hybridized carbons (Fsp3) is 0.172. The predicted octanol–water partition coefficient (Wildman–Crippen LogP) is 9.02. The summed E-state index contributed by atoms with van der Waals surface area (Å²) in [7, 11) is 0. The van der Waals surface area contributed by atoms with Crippen LogP contribution in [-0.4, -0.2) is 0 Å². The first-order valence-electron chi connectivity index (χ1n) is 11.9. The Labute approximate surface area is 220 Å². The Morgan fingerprint density at radius 1 is 0.590 bits per heavy atom. The quantitative estimate of drug-likeness (QED) is 0.179. The Hall–Kier alpha value is -4.34. The number of nitrogen functional groups attached to an aromatic ring is 2. The molecule has 0 fully saturated rings. The van der Waals surface area contributed by atoms with Crippen LogP contribution in [0.5, 0.6) is 23.0 Å². The molecule has 0 radical (unpaired) electrons. The summed E-state index contributed by atoms with van der Waals surface area (Å²) in [4.78, 5) is 0. The first-order chi connectivity index (χ1) is 18.4. The van der Waals surface area contributed by atoms with Crippen LogP contribution in [0, 0.1) is 0 Å². The molecule has 0 amide bonds. The maximum Gasteiger partial charge on any atom is 0.420 e. The number of halogens is 6. The minimum Gasteiger partial charge on any atom is -0.456 e. The van der Waals surface area contributed by atoms with Crippen LogP contribution < -0.4 is 20.9 Å². The van der Waals surface area contributed by atoms with Crippen LogP contribution in [0.15, 0.2) is 84.9 Å². The van der Waals surface area contributed by atoms with E-state index in [-0.39, 0.29) is 22.9 Å². The fourth-order valence-electron chi connectivity index (χ4n) is 4.28. The summed E-state index contributed by atoms with van der Waals surface area (Å²) in [5.41, 5.74) is 9.99. The molecule has 4 nitrogen and oxygen atoms in total. The fourth-order valence-corrected chi connectivity index (χ4v) is 4.28. The van der Waals surface area contributed by atoms with Gasteiger partial charge in [-0.2, -0.15) is 26.3 Å². The lowest BCUT2D eigenvalue weighted by atomic mass is 9.88. The molecule has 4 rings (SSSR count). The van der Waals surface area contributed by atoms with Gasteiger partial charge >= 0.3 is 12.4 Å². The topological polar surface area (TPSA) is 70.5 Å². The number of benzene rings is 4. The van der Waals surface area contributed by atoms with E-state index in [0.29, 0.717) is 17.5 Å². The van der Waals surface area contributed by atoms with E-state index >= 15 is 0 Å². The molecule has 0 aromatic heterocycles. The molecule has 0 saturated heterocycles. The Bertz CT molecular complexity index is 1360. The molecule has 10 heteroatoms. The maximum absolute atomic E-state index is 13.7. The minimum absolute atomic E-state index is 0.0682. The van der Waals surface area contributed by atoms with Crippen molar-refractivity contribution in [3.63, 3.8) is 0 Å². The number of nitrogens with two attached hydrogens (primary N) is 2. The number of anilines is 2. The first-order valence-corrected chi connectivity index (χ1v) is 11.9. The van der Waals surface area contributed by atoms with Gasteiger partial charge in [0.2, 0.25) is 0 Å². The van der Waals surface area contributed by atoms with Crippen molar-refractivity contribution in [2.45, 2.75) is 31.6 Å². The van der Waals surface area contributed by atoms with Crippen LogP contribution in [0.3, 0.4) is 0 Å². The van der Waals surface area contributed by atoms with Crippen LogP contribution in [0.25, 0.3) is 0 Å². The molecule has 0 atom stereocenters. The molecule has 0 aliphatic rings. The van der Waals surface area contributed by atoms with Crippen LogP contribution in [-0.2, 0) is 12.4 Å². The molecular formula is C29H24F6N2O2. The van der Waals surface area contributed by atoms with E-state index in [1.54, 1.807) is 36.4 Å². The molecule has 0 unspecified atom stereocenters. The lowest BCUT2D eigenvalue weighted by Crippen LogP contribution is -2.10. The van der Waals surface area contributed by atoms with Crippen LogP contribution in [0.4, 0.5) is 37.7 Å². The molecule has 4 aromatic carbocycles. The van der Waals surface area contributed by atoms with Gasteiger partial charge in [0.15, 0.2) is 0 Å². The van der Waals surface area contributed by atoms with E-state index in [1.165, 1.54) is 24.3 Å². The Morgan fingerprint density at radius 2 is 0.974 bits per heavy atom. The second-order valence-corrected chi connectivity index (χ2v) is 8.75. The molecule has 0 aliphatic carbocycles. The van der Waals surface area contributed by atoms with Gasteiger partial charge in [-0.3, -0.25) is 0 Å². The van der Waals surface area contributed by atoms with E-state index < -0.39 is 40.9 Å². The highest BCUT2D eigenvalue weighted by Crippen LogP contribution is 2.45. The summed E-state index contributed by atoms with van der Waals surface area (Å²) in [6.45, 7) is 1.84. The van der Waals surface area contributed by atoms with E-state index in [9.17, 15) is 26.3 Å². The number of alkyl halides is 6. The van der Waals surface area contributed by atoms with Crippen molar-refractivity contribution in [3.05, 3.63) is 107 Å².